The fraction of sp³-hybridized carbons (Fsp3) is 0.269. The molecule has 0 unspecified atom stereocenters. The van der Waals surface area contributed by atoms with Crippen LogP contribution in [0, 0.1) is 5.82 Å². The molecule has 0 radical (unpaired) electrons. The van der Waals surface area contributed by atoms with E-state index in [0.717, 1.165) is 39.9 Å². The van der Waals surface area contributed by atoms with E-state index < -0.39 is 28.3 Å². The van der Waals surface area contributed by atoms with Crippen LogP contribution in [-0.2, 0) is 20.6 Å². The minimum Gasteiger partial charge on any atom is -0.486 e. The molecule has 0 spiro atoms. The van der Waals surface area contributed by atoms with Crippen LogP contribution in [0.5, 0.6) is 11.5 Å². The number of fused-ring (bicyclic) bond motifs is 1. The van der Waals surface area contributed by atoms with E-state index >= 15 is 0 Å². The molecular formula is C26H26ClFN2O5S2. The number of carbonyl (C=O) groups is 1. The number of halogens is 2. The van der Waals surface area contributed by atoms with Crippen molar-refractivity contribution in [1.82, 2.24) is 5.32 Å². The summed E-state index contributed by atoms with van der Waals surface area (Å²) in [6.45, 7) is 0.618. The van der Waals surface area contributed by atoms with Gasteiger partial charge in [-0.1, -0.05) is 23.7 Å². The molecule has 11 heteroatoms. The van der Waals surface area contributed by atoms with Crippen LogP contribution in [0.25, 0.3) is 0 Å². The Kier molecular flexibility index (Phi) is 9.18. The Morgan fingerprint density at radius 2 is 1.70 bits per heavy atom. The maximum Gasteiger partial charge on any atom is 0.264 e. The average Bonchev–Trinajstić information content (AvgIpc) is 2.90. The van der Waals surface area contributed by atoms with Crippen LogP contribution in [0.15, 0.2) is 71.6 Å². The van der Waals surface area contributed by atoms with Crippen molar-refractivity contribution in [2.75, 3.05) is 36.4 Å². The third kappa shape index (κ3) is 7.30. The lowest BCUT2D eigenvalue weighted by atomic mass is 10.2. The zero-order valence-electron chi connectivity index (χ0n) is 19.9. The molecule has 3 aromatic carbocycles. The van der Waals surface area contributed by atoms with Gasteiger partial charge in [0.05, 0.1) is 10.6 Å². The van der Waals surface area contributed by atoms with Crippen LogP contribution < -0.4 is 19.1 Å². The molecule has 1 heterocycles. The Balaban J connectivity index is 1.38. The highest BCUT2D eigenvalue weighted by Crippen LogP contribution is 2.34. The molecule has 196 valence electrons. The summed E-state index contributed by atoms with van der Waals surface area (Å²) in [4.78, 5) is 12.7. The van der Waals surface area contributed by atoms with Crippen molar-refractivity contribution in [3.63, 3.8) is 0 Å². The van der Waals surface area contributed by atoms with Gasteiger partial charge in [0.25, 0.3) is 10.0 Å². The predicted octanol–water partition coefficient (Wildman–Crippen LogP) is 4.89. The SMILES string of the molecule is O=C(CN(c1ccc(F)cc1)S(=O)(=O)c1ccc2c(c1)OCCO2)NCCCSCc1ccc(Cl)cc1. The molecule has 0 bridgehead atoms. The van der Waals surface area contributed by atoms with Crippen molar-refractivity contribution < 1.29 is 27.1 Å². The maximum absolute atomic E-state index is 13.6. The lowest BCUT2D eigenvalue weighted by Gasteiger charge is -2.25. The quantitative estimate of drug-likeness (QED) is 0.334. The van der Waals surface area contributed by atoms with E-state index in [9.17, 15) is 17.6 Å². The van der Waals surface area contributed by atoms with Crippen LogP contribution in [0.3, 0.4) is 0 Å². The summed E-state index contributed by atoms with van der Waals surface area (Å²) in [5.41, 5.74) is 1.34. The number of sulfonamides is 1. The normalized spacial score (nSPS) is 12.7. The molecule has 3 aromatic rings. The summed E-state index contributed by atoms with van der Waals surface area (Å²) in [5, 5.41) is 3.48. The number of thioether (sulfide) groups is 1. The highest BCUT2D eigenvalue weighted by Gasteiger charge is 2.29. The Labute approximate surface area is 225 Å². The van der Waals surface area contributed by atoms with Crippen LogP contribution in [0.4, 0.5) is 10.1 Å². The highest BCUT2D eigenvalue weighted by atomic mass is 35.5. The number of ether oxygens (including phenoxy) is 2. The highest BCUT2D eigenvalue weighted by molar-refractivity contribution is 7.98. The van der Waals surface area contributed by atoms with Gasteiger partial charge in [0.15, 0.2) is 11.5 Å². The predicted molar refractivity (Wildman–Crippen MR) is 144 cm³/mol. The lowest BCUT2D eigenvalue weighted by Crippen LogP contribution is -2.41. The summed E-state index contributed by atoms with van der Waals surface area (Å²) in [5.74, 6) is 1.43. The molecule has 0 saturated carbocycles. The summed E-state index contributed by atoms with van der Waals surface area (Å²) < 4.78 is 52.6. The zero-order chi connectivity index (χ0) is 26.3. The fourth-order valence-corrected chi connectivity index (χ4v) is 6.08. The number of anilines is 1. The second kappa shape index (κ2) is 12.5. The molecular weight excluding hydrogens is 539 g/mol. The number of carbonyl (C=O) groups excluding carboxylic acids is 1. The Hall–Kier alpha value is -2.95. The number of nitrogens with zero attached hydrogens (tertiary/aromatic N) is 1. The number of amides is 1. The van der Waals surface area contributed by atoms with Crippen LogP contribution >= 0.6 is 23.4 Å². The maximum atomic E-state index is 13.6. The van der Waals surface area contributed by atoms with Gasteiger partial charge in [0.2, 0.25) is 5.91 Å². The Morgan fingerprint density at radius 1 is 1.00 bits per heavy atom. The van der Waals surface area contributed by atoms with Crippen molar-refractivity contribution in [2.24, 2.45) is 0 Å². The fourth-order valence-electron chi connectivity index (χ4n) is 3.59. The van der Waals surface area contributed by atoms with Crippen molar-refractivity contribution >= 4 is 45.0 Å². The Bertz CT molecular complexity index is 1320. The van der Waals surface area contributed by atoms with Gasteiger partial charge in [-0.3, -0.25) is 9.10 Å². The molecule has 0 aliphatic carbocycles. The van der Waals surface area contributed by atoms with Crippen LogP contribution in [-0.4, -0.2) is 46.4 Å². The second-order valence-corrected chi connectivity index (χ2v) is 11.6. The van der Waals surface area contributed by atoms with Gasteiger partial charge in [-0.2, -0.15) is 11.8 Å². The van der Waals surface area contributed by atoms with Gasteiger partial charge in [-0.05, 0) is 66.3 Å². The molecule has 4 rings (SSSR count). The molecule has 0 saturated heterocycles. The first-order chi connectivity index (χ1) is 17.8. The molecule has 1 N–H and O–H groups in total. The summed E-state index contributed by atoms with van der Waals surface area (Å²) in [6.07, 6.45) is 0.718. The van der Waals surface area contributed by atoms with E-state index in [-0.39, 0.29) is 10.6 Å². The van der Waals surface area contributed by atoms with Crippen LogP contribution in [0.2, 0.25) is 5.02 Å². The molecule has 1 aliphatic heterocycles. The number of nitrogens with one attached hydrogen (secondary N) is 1. The minimum absolute atomic E-state index is 0.0625. The van der Waals surface area contributed by atoms with Gasteiger partial charge in [0, 0.05) is 23.4 Å². The molecule has 0 fully saturated rings. The van der Waals surface area contributed by atoms with E-state index in [2.05, 4.69) is 5.32 Å². The first kappa shape index (κ1) is 27.1. The average molecular weight is 565 g/mol. The number of hydrogen-bond acceptors (Lipinski definition) is 6. The van der Waals surface area contributed by atoms with E-state index in [4.69, 9.17) is 21.1 Å². The second-order valence-electron chi connectivity index (χ2n) is 8.18. The zero-order valence-corrected chi connectivity index (χ0v) is 22.3. The van der Waals surface area contributed by atoms with Crippen molar-refractivity contribution in [1.29, 1.82) is 0 Å². The van der Waals surface area contributed by atoms with Crippen molar-refractivity contribution in [2.45, 2.75) is 17.1 Å². The topological polar surface area (TPSA) is 84.9 Å². The monoisotopic (exact) mass is 564 g/mol. The number of rotatable bonds is 11. The summed E-state index contributed by atoms with van der Waals surface area (Å²) >= 11 is 7.63. The Morgan fingerprint density at radius 3 is 2.43 bits per heavy atom. The third-order valence-corrected chi connectivity index (χ3v) is 8.61. The minimum atomic E-state index is -4.17. The largest absolute Gasteiger partial charge is 0.486 e. The van der Waals surface area contributed by atoms with E-state index in [0.29, 0.717) is 36.3 Å². The molecule has 7 nitrogen and oxygen atoms in total. The van der Waals surface area contributed by atoms with Gasteiger partial charge < -0.3 is 14.8 Å². The van der Waals surface area contributed by atoms with E-state index in [1.165, 1.54) is 30.3 Å². The van der Waals surface area contributed by atoms with Gasteiger partial charge >= 0.3 is 0 Å². The number of benzene rings is 3. The standard InChI is InChI=1S/C26H26ClFN2O5S2/c27-20-4-2-19(3-5-20)18-36-15-1-12-29-26(31)17-30(22-8-6-21(28)7-9-22)37(32,33)23-10-11-24-25(16-23)35-14-13-34-24/h2-11,16H,1,12-15,17-18H2,(H,29,31). The first-order valence-electron chi connectivity index (χ1n) is 11.6. The molecule has 0 atom stereocenters. The lowest BCUT2D eigenvalue weighted by molar-refractivity contribution is -0.119. The third-order valence-electron chi connectivity index (χ3n) is 5.47. The smallest absolute Gasteiger partial charge is 0.264 e. The molecule has 1 aliphatic rings. The molecule has 0 aromatic heterocycles. The van der Waals surface area contributed by atoms with E-state index in [1.807, 2.05) is 24.3 Å². The number of hydrogen-bond donors (Lipinski definition) is 1. The molecule has 1 amide bonds. The van der Waals surface area contributed by atoms with E-state index in [1.54, 1.807) is 11.8 Å². The van der Waals surface area contributed by atoms with Gasteiger partial charge in [0.1, 0.15) is 25.6 Å². The van der Waals surface area contributed by atoms with Gasteiger partial charge in [-0.25, -0.2) is 12.8 Å². The summed E-state index contributed by atoms with van der Waals surface area (Å²) in [7, 11) is -4.17. The van der Waals surface area contributed by atoms with Crippen LogP contribution in [0.1, 0.15) is 12.0 Å². The van der Waals surface area contributed by atoms with Crippen molar-refractivity contribution in [3.8, 4) is 11.5 Å². The molecule has 37 heavy (non-hydrogen) atoms. The van der Waals surface area contributed by atoms with Crippen molar-refractivity contribution in [3.05, 3.63) is 83.1 Å². The summed E-state index contributed by atoms with van der Waals surface area (Å²) in [6, 6.07) is 16.9. The van der Waals surface area contributed by atoms with Gasteiger partial charge in [-0.15, -0.1) is 0 Å². The first-order valence-corrected chi connectivity index (χ1v) is 14.6.